The molecule has 0 spiro atoms. The zero-order chi connectivity index (χ0) is 16.0. The highest BCUT2D eigenvalue weighted by Crippen LogP contribution is 2.24. The fraction of sp³-hybridized carbons (Fsp3) is 0.733. The number of aliphatic carboxylic acids is 1. The Bertz CT molecular complexity index is 404. The zero-order valence-corrected chi connectivity index (χ0v) is 13.2. The van der Waals surface area contributed by atoms with E-state index in [1.165, 1.54) is 6.92 Å². The molecule has 0 aliphatic heterocycles. The normalized spacial score (nSPS) is 25.6. The molecule has 1 rings (SSSR count). The van der Waals surface area contributed by atoms with Crippen LogP contribution in [0.15, 0.2) is 11.6 Å². The Morgan fingerprint density at radius 2 is 2.05 bits per heavy atom. The van der Waals surface area contributed by atoms with Crippen LogP contribution in [0, 0.1) is 0 Å². The first kappa shape index (κ1) is 17.7. The minimum absolute atomic E-state index is 0.0492. The van der Waals surface area contributed by atoms with Crippen molar-refractivity contribution in [1.82, 2.24) is 10.6 Å². The van der Waals surface area contributed by atoms with E-state index in [4.69, 9.17) is 4.74 Å². The molecule has 0 aromatic rings. The molecule has 0 aromatic carbocycles. The Balaban J connectivity index is 3.03. The molecule has 3 N–H and O–H groups in total. The van der Waals surface area contributed by atoms with Gasteiger partial charge in [0.05, 0.1) is 18.2 Å². The van der Waals surface area contributed by atoms with Gasteiger partial charge in [0.2, 0.25) is 5.91 Å². The number of ether oxygens (including phenoxy) is 1. The van der Waals surface area contributed by atoms with Gasteiger partial charge in [0, 0.05) is 18.5 Å². The molecule has 6 nitrogen and oxygen atoms in total. The Hall–Kier alpha value is -1.40. The van der Waals surface area contributed by atoms with Gasteiger partial charge in [0.15, 0.2) is 0 Å². The highest BCUT2D eigenvalue weighted by molar-refractivity contribution is 5.87. The number of likely N-dealkylation sites (N-methyl/N-ethyl adjacent to an activating group) is 1. The molecule has 1 amide bonds. The number of nitrogens with one attached hydrogen (secondary N) is 2. The van der Waals surface area contributed by atoms with E-state index >= 15 is 0 Å². The van der Waals surface area contributed by atoms with Gasteiger partial charge in [-0.3, -0.25) is 4.79 Å². The predicted molar refractivity (Wildman–Crippen MR) is 80.0 cm³/mol. The van der Waals surface area contributed by atoms with E-state index in [9.17, 15) is 14.7 Å². The summed E-state index contributed by atoms with van der Waals surface area (Å²) in [5, 5.41) is 15.2. The third kappa shape index (κ3) is 4.82. The molecule has 21 heavy (non-hydrogen) atoms. The first-order valence-corrected chi connectivity index (χ1v) is 7.46. The van der Waals surface area contributed by atoms with Gasteiger partial charge in [0.25, 0.3) is 0 Å². The number of rotatable bonds is 7. The highest BCUT2D eigenvalue weighted by Gasteiger charge is 2.36. The number of carboxylic acids is 1. The maximum atomic E-state index is 11.4. The van der Waals surface area contributed by atoms with Crippen LogP contribution in [0.5, 0.6) is 0 Å². The van der Waals surface area contributed by atoms with Crippen LogP contribution < -0.4 is 10.6 Å². The topological polar surface area (TPSA) is 87.7 Å². The summed E-state index contributed by atoms with van der Waals surface area (Å²) in [5.41, 5.74) is 0.326. The molecule has 0 saturated heterocycles. The molecule has 3 atom stereocenters. The second kappa shape index (κ2) is 8.14. The monoisotopic (exact) mass is 298 g/mol. The van der Waals surface area contributed by atoms with Crippen molar-refractivity contribution in [2.75, 3.05) is 7.05 Å². The minimum atomic E-state index is -0.935. The Morgan fingerprint density at radius 3 is 2.48 bits per heavy atom. The highest BCUT2D eigenvalue weighted by atomic mass is 16.5. The van der Waals surface area contributed by atoms with Crippen LogP contribution in [0.3, 0.4) is 0 Å². The molecule has 0 radical (unpaired) electrons. The van der Waals surface area contributed by atoms with Gasteiger partial charge in [-0.1, -0.05) is 13.8 Å². The average molecular weight is 298 g/mol. The summed E-state index contributed by atoms with van der Waals surface area (Å²) in [7, 11) is 1.76. The van der Waals surface area contributed by atoms with Crippen molar-refractivity contribution in [3.8, 4) is 0 Å². The molecule has 0 aromatic heterocycles. The molecule has 0 bridgehead atoms. The quantitative estimate of drug-likeness (QED) is 0.654. The number of hydrogen-bond donors (Lipinski definition) is 3. The predicted octanol–water partition coefficient (Wildman–Crippen LogP) is 1.07. The van der Waals surface area contributed by atoms with Crippen molar-refractivity contribution >= 4 is 11.9 Å². The molecular weight excluding hydrogens is 272 g/mol. The van der Waals surface area contributed by atoms with Gasteiger partial charge in [-0.05, 0) is 32.4 Å². The van der Waals surface area contributed by atoms with Crippen LogP contribution in [0.25, 0.3) is 0 Å². The van der Waals surface area contributed by atoms with Crippen molar-refractivity contribution < 1.29 is 19.4 Å². The van der Waals surface area contributed by atoms with E-state index in [1.54, 1.807) is 13.1 Å². The summed E-state index contributed by atoms with van der Waals surface area (Å²) in [6.07, 6.45) is 3.30. The van der Waals surface area contributed by atoms with Crippen LogP contribution in [-0.2, 0) is 14.3 Å². The maximum Gasteiger partial charge on any atom is 0.331 e. The van der Waals surface area contributed by atoms with Gasteiger partial charge >= 0.3 is 5.97 Å². The van der Waals surface area contributed by atoms with Crippen LogP contribution >= 0.6 is 0 Å². The lowest BCUT2D eigenvalue weighted by Crippen LogP contribution is -2.57. The third-order valence-corrected chi connectivity index (χ3v) is 3.87. The van der Waals surface area contributed by atoms with Crippen molar-refractivity contribution in [1.29, 1.82) is 0 Å². The van der Waals surface area contributed by atoms with Gasteiger partial charge in [-0.25, -0.2) is 4.79 Å². The lowest BCUT2D eigenvalue weighted by atomic mass is 9.87. The number of carbonyl (C=O) groups is 2. The fourth-order valence-electron chi connectivity index (χ4n) is 2.65. The first-order valence-electron chi connectivity index (χ1n) is 7.46. The van der Waals surface area contributed by atoms with Crippen molar-refractivity contribution in [3.63, 3.8) is 0 Å². The smallest absolute Gasteiger partial charge is 0.331 e. The molecule has 1 aliphatic rings. The van der Waals surface area contributed by atoms with Crippen molar-refractivity contribution in [2.24, 2.45) is 0 Å². The SMILES string of the molecule is CCC(CC)O[C@@H]1C=C(C(=O)O)C[C@H](NC)[C@H]1NC(C)=O. The maximum absolute atomic E-state index is 11.4. The second-order valence-corrected chi connectivity index (χ2v) is 5.36. The van der Waals surface area contributed by atoms with Crippen molar-refractivity contribution in [3.05, 3.63) is 11.6 Å². The zero-order valence-electron chi connectivity index (χ0n) is 13.2. The number of carbonyl (C=O) groups excluding carboxylic acids is 1. The summed E-state index contributed by atoms with van der Waals surface area (Å²) in [6, 6.07) is -0.430. The molecule has 1 aliphatic carbocycles. The lowest BCUT2D eigenvalue weighted by Gasteiger charge is -2.38. The number of carboxylic acid groups (broad SMARTS) is 1. The van der Waals surface area contributed by atoms with Gasteiger partial charge in [-0.15, -0.1) is 0 Å². The summed E-state index contributed by atoms with van der Waals surface area (Å²) in [5.74, 6) is -1.08. The fourth-order valence-corrected chi connectivity index (χ4v) is 2.65. The standard InChI is InChI=1S/C15H26N2O4/c1-5-11(6-2)21-13-8-10(15(19)20)7-12(16-4)14(13)17-9(3)18/h8,11-14,16H,5-7H2,1-4H3,(H,17,18)(H,19,20)/t12-,13+,14+/m0/s1. The average Bonchev–Trinajstić information content (AvgIpc) is 2.44. The van der Waals surface area contributed by atoms with Crippen LogP contribution in [-0.4, -0.2) is 48.3 Å². The molecule has 120 valence electrons. The molecule has 6 heteroatoms. The molecule has 0 heterocycles. The second-order valence-electron chi connectivity index (χ2n) is 5.36. The van der Waals surface area contributed by atoms with E-state index in [0.717, 1.165) is 12.8 Å². The summed E-state index contributed by atoms with van der Waals surface area (Å²) < 4.78 is 6.02. The van der Waals surface area contributed by atoms with Crippen LogP contribution in [0.4, 0.5) is 0 Å². The van der Waals surface area contributed by atoms with Gasteiger partial charge < -0.3 is 20.5 Å². The van der Waals surface area contributed by atoms with E-state index in [0.29, 0.717) is 12.0 Å². The Kier molecular flexibility index (Phi) is 6.84. The summed E-state index contributed by atoms with van der Waals surface area (Å²) >= 11 is 0. The molecule has 0 saturated carbocycles. The number of hydrogen-bond acceptors (Lipinski definition) is 4. The van der Waals surface area contributed by atoms with E-state index in [1.807, 2.05) is 13.8 Å². The lowest BCUT2D eigenvalue weighted by molar-refractivity contribution is -0.133. The molecular formula is C15H26N2O4. The van der Waals surface area contributed by atoms with E-state index in [2.05, 4.69) is 10.6 Å². The number of amides is 1. The van der Waals surface area contributed by atoms with Crippen LogP contribution in [0.1, 0.15) is 40.0 Å². The van der Waals surface area contributed by atoms with E-state index in [-0.39, 0.29) is 24.1 Å². The molecule has 0 fully saturated rings. The van der Waals surface area contributed by atoms with Gasteiger partial charge in [-0.2, -0.15) is 0 Å². The first-order chi connectivity index (χ1) is 9.92. The largest absolute Gasteiger partial charge is 0.478 e. The van der Waals surface area contributed by atoms with Crippen molar-refractivity contribution in [2.45, 2.75) is 64.3 Å². The summed E-state index contributed by atoms with van der Waals surface area (Å²) in [4.78, 5) is 22.7. The Morgan fingerprint density at radius 1 is 1.43 bits per heavy atom. The summed E-state index contributed by atoms with van der Waals surface area (Å²) in [6.45, 7) is 5.51. The molecule has 0 unspecified atom stereocenters. The minimum Gasteiger partial charge on any atom is -0.478 e. The van der Waals surface area contributed by atoms with Gasteiger partial charge in [0.1, 0.15) is 0 Å². The van der Waals surface area contributed by atoms with E-state index < -0.39 is 12.1 Å². The Labute approximate surface area is 125 Å². The van der Waals surface area contributed by atoms with Crippen LogP contribution in [0.2, 0.25) is 0 Å². The third-order valence-electron chi connectivity index (χ3n) is 3.87.